The molecule has 0 aliphatic carbocycles. The number of methoxy groups -OCH3 is 1. The Labute approximate surface area is 205 Å². The van der Waals surface area contributed by atoms with Gasteiger partial charge in [0.05, 0.1) is 42.8 Å². The number of aryl methyl sites for hydroxylation is 1. The molecule has 0 spiro atoms. The van der Waals surface area contributed by atoms with E-state index in [0.717, 1.165) is 47.7 Å². The average Bonchev–Trinajstić information content (AvgIpc) is 3.24. The first-order valence-corrected chi connectivity index (χ1v) is 11.5. The van der Waals surface area contributed by atoms with E-state index in [1.807, 2.05) is 36.5 Å². The second-order valence-corrected chi connectivity index (χ2v) is 8.26. The van der Waals surface area contributed by atoms with Gasteiger partial charge in [0.1, 0.15) is 5.65 Å². The third-order valence-electron chi connectivity index (χ3n) is 5.94. The Hall–Kier alpha value is -3.74. The highest BCUT2D eigenvalue weighted by Gasteiger charge is 2.24. The fourth-order valence-corrected chi connectivity index (χ4v) is 4.18. The number of benzene rings is 1. The zero-order valence-electron chi connectivity index (χ0n) is 20.6. The van der Waals surface area contributed by atoms with Gasteiger partial charge in [0.15, 0.2) is 0 Å². The van der Waals surface area contributed by atoms with Crippen LogP contribution in [0.5, 0.6) is 0 Å². The number of nitriles is 1. The lowest BCUT2D eigenvalue weighted by Crippen LogP contribution is -2.41. The topological polar surface area (TPSA) is 109 Å². The molecule has 0 bridgehead atoms. The predicted molar refractivity (Wildman–Crippen MR) is 132 cm³/mol. The number of fused-ring (bicyclic) bond motifs is 1. The van der Waals surface area contributed by atoms with Gasteiger partial charge in [-0.05, 0) is 43.3 Å². The molecule has 3 heterocycles. The molecule has 1 aliphatic rings. The summed E-state index contributed by atoms with van der Waals surface area (Å²) in [5, 5.41) is 12.0. The summed E-state index contributed by atoms with van der Waals surface area (Å²) >= 11 is 0. The van der Waals surface area contributed by atoms with E-state index in [-0.39, 0.29) is 12.0 Å². The molecule has 9 nitrogen and oxygen atoms in total. The summed E-state index contributed by atoms with van der Waals surface area (Å²) in [5.41, 5.74) is 5.97. The third-order valence-corrected chi connectivity index (χ3v) is 5.94. The van der Waals surface area contributed by atoms with Crippen LogP contribution in [0.4, 0.5) is 0 Å². The molecule has 3 aromatic rings. The Balaban J connectivity index is 0.000000795. The lowest BCUT2D eigenvalue weighted by molar-refractivity contribution is -0.126. The minimum Gasteiger partial charge on any atom is -0.471 e. The highest BCUT2D eigenvalue weighted by Crippen LogP contribution is 2.31. The lowest BCUT2D eigenvalue weighted by Gasteiger charge is -2.30. The molecule has 1 N–H and O–H groups in total. The van der Waals surface area contributed by atoms with E-state index in [1.54, 1.807) is 7.05 Å². The molecule has 1 aromatic carbocycles. The monoisotopic (exact) mass is 477 g/mol. The van der Waals surface area contributed by atoms with Gasteiger partial charge in [-0.3, -0.25) is 9.59 Å². The second kappa shape index (κ2) is 12.1. The largest absolute Gasteiger partial charge is 0.471 e. The molecular formula is C26H31N5O4. The van der Waals surface area contributed by atoms with Crippen LogP contribution in [0.25, 0.3) is 16.9 Å². The highest BCUT2D eigenvalue weighted by atomic mass is 16.5. The average molecular weight is 478 g/mol. The summed E-state index contributed by atoms with van der Waals surface area (Å²) < 4.78 is 12.0. The van der Waals surface area contributed by atoms with Crippen LogP contribution in [-0.2, 0) is 27.1 Å². The highest BCUT2D eigenvalue weighted by molar-refractivity contribution is 5.95. The van der Waals surface area contributed by atoms with Gasteiger partial charge in [-0.1, -0.05) is 13.0 Å². The van der Waals surface area contributed by atoms with Gasteiger partial charge in [-0.15, -0.1) is 0 Å². The number of imidazole rings is 1. The Bertz CT molecular complexity index is 1230. The Morgan fingerprint density at radius 3 is 2.77 bits per heavy atom. The smallest absolute Gasteiger partial charge is 0.292 e. The Morgan fingerprint density at radius 1 is 1.37 bits per heavy atom. The number of rotatable bonds is 6. The number of morpholine rings is 1. The maximum atomic E-state index is 12.1. The molecule has 1 saturated heterocycles. The Morgan fingerprint density at radius 2 is 2.14 bits per heavy atom. The summed E-state index contributed by atoms with van der Waals surface area (Å²) in [5.74, 6) is -0.103. The van der Waals surface area contributed by atoms with Crippen molar-refractivity contribution in [2.24, 2.45) is 0 Å². The van der Waals surface area contributed by atoms with Crippen molar-refractivity contribution < 1.29 is 19.1 Å². The number of hydrogen-bond acceptors (Lipinski definition) is 7. The maximum Gasteiger partial charge on any atom is 0.292 e. The number of aromatic nitrogens is 2. The molecule has 9 heteroatoms. The number of likely N-dealkylation sites (N-methyl/N-ethyl adjacent to an activating group) is 1. The van der Waals surface area contributed by atoms with Crippen molar-refractivity contribution in [3.05, 3.63) is 58.9 Å². The summed E-state index contributed by atoms with van der Waals surface area (Å²) in [6.07, 6.45) is 3.48. The van der Waals surface area contributed by atoms with E-state index >= 15 is 0 Å². The van der Waals surface area contributed by atoms with Gasteiger partial charge < -0.3 is 24.1 Å². The zero-order valence-corrected chi connectivity index (χ0v) is 20.6. The van der Waals surface area contributed by atoms with Crippen LogP contribution < -0.4 is 5.32 Å². The molecule has 1 atom stereocenters. The quantitative estimate of drug-likeness (QED) is 0.543. The van der Waals surface area contributed by atoms with E-state index in [0.29, 0.717) is 30.6 Å². The summed E-state index contributed by atoms with van der Waals surface area (Å²) in [6, 6.07) is 11.6. The molecule has 1 aliphatic heterocycles. The number of carbonyl (C=O) groups excluding carboxylic acids is 2. The van der Waals surface area contributed by atoms with Crippen LogP contribution >= 0.6 is 0 Å². The molecule has 1 amide bonds. The molecule has 0 saturated carbocycles. The molecular weight excluding hydrogens is 446 g/mol. The van der Waals surface area contributed by atoms with Gasteiger partial charge in [0.2, 0.25) is 0 Å². The van der Waals surface area contributed by atoms with Crippen LogP contribution in [0, 0.1) is 11.3 Å². The fraction of sp³-hybridized carbons (Fsp3) is 0.385. The van der Waals surface area contributed by atoms with E-state index in [1.165, 1.54) is 7.11 Å². The third kappa shape index (κ3) is 6.04. The van der Waals surface area contributed by atoms with Crippen molar-refractivity contribution in [2.45, 2.75) is 25.9 Å². The lowest BCUT2D eigenvalue weighted by atomic mass is 9.96. The fourth-order valence-electron chi connectivity index (χ4n) is 4.18. The van der Waals surface area contributed by atoms with Crippen LogP contribution in [-0.4, -0.2) is 73.7 Å². The van der Waals surface area contributed by atoms with Gasteiger partial charge in [-0.25, -0.2) is 4.98 Å². The van der Waals surface area contributed by atoms with Crippen LogP contribution in [0.15, 0.2) is 36.5 Å². The van der Waals surface area contributed by atoms with Crippen LogP contribution in [0.2, 0.25) is 0 Å². The molecule has 2 aromatic heterocycles. The molecule has 4 rings (SSSR count). The first-order chi connectivity index (χ1) is 16.9. The normalized spacial score (nSPS) is 15.6. The number of carbonyl (C=O) groups is 2. The van der Waals surface area contributed by atoms with Gasteiger partial charge >= 0.3 is 0 Å². The Kier molecular flexibility index (Phi) is 8.95. The standard InChI is InChI=1S/C24H27N5O2.C2H4O2/c1-4-17-12-18(24(30)26-2)5-6-20(17)23-21(13-19-15-28(3)9-10-31-19)29-8-7-16(14-25)11-22(29)27-23;1-4-2-3/h5-8,11-12,19H,4,9-10,13,15H2,1-3H3,(H,26,30);2H,1H3/t19-;/m0./s1. The minimum absolute atomic E-state index is 0.0725. The number of pyridine rings is 1. The zero-order chi connectivity index (χ0) is 25.4. The van der Waals surface area contributed by atoms with Gasteiger partial charge in [0, 0.05) is 43.9 Å². The number of amides is 1. The number of nitrogens with one attached hydrogen (secondary N) is 1. The van der Waals surface area contributed by atoms with Crippen molar-refractivity contribution >= 4 is 18.0 Å². The van der Waals surface area contributed by atoms with Crippen molar-refractivity contribution in [2.75, 3.05) is 40.9 Å². The maximum absolute atomic E-state index is 12.1. The van der Waals surface area contributed by atoms with E-state index in [4.69, 9.17) is 14.5 Å². The summed E-state index contributed by atoms with van der Waals surface area (Å²) in [7, 11) is 5.06. The van der Waals surface area contributed by atoms with Crippen molar-refractivity contribution in [3.63, 3.8) is 0 Å². The minimum atomic E-state index is -0.103. The molecule has 0 radical (unpaired) electrons. The van der Waals surface area contributed by atoms with E-state index < -0.39 is 0 Å². The number of hydrogen-bond donors (Lipinski definition) is 1. The van der Waals surface area contributed by atoms with Crippen molar-refractivity contribution in [1.29, 1.82) is 5.26 Å². The SMILES string of the molecule is CCc1cc(C(=O)NC)ccc1-c1nc2cc(C#N)ccn2c1C[C@H]1CN(C)CCO1.COC=O. The molecule has 184 valence electrons. The van der Waals surface area contributed by atoms with Crippen molar-refractivity contribution in [1.82, 2.24) is 19.6 Å². The van der Waals surface area contributed by atoms with Crippen LogP contribution in [0.3, 0.4) is 0 Å². The first kappa shape index (κ1) is 25.9. The summed E-state index contributed by atoms with van der Waals surface area (Å²) in [4.78, 5) is 28.3. The van der Waals surface area contributed by atoms with Crippen LogP contribution in [0.1, 0.15) is 34.1 Å². The van der Waals surface area contributed by atoms with Gasteiger partial charge in [-0.2, -0.15) is 5.26 Å². The van der Waals surface area contributed by atoms with Crippen molar-refractivity contribution in [3.8, 4) is 17.3 Å². The second-order valence-electron chi connectivity index (χ2n) is 8.26. The van der Waals surface area contributed by atoms with E-state index in [9.17, 15) is 10.1 Å². The summed E-state index contributed by atoms with van der Waals surface area (Å²) in [6.45, 7) is 4.96. The predicted octanol–water partition coefficient (Wildman–Crippen LogP) is 2.46. The number of nitrogens with zero attached hydrogens (tertiary/aromatic N) is 4. The van der Waals surface area contributed by atoms with Gasteiger partial charge in [0.25, 0.3) is 12.4 Å². The molecule has 35 heavy (non-hydrogen) atoms. The van der Waals surface area contributed by atoms with E-state index in [2.05, 4.69) is 39.4 Å². The molecule has 0 unspecified atom stereocenters. The first-order valence-electron chi connectivity index (χ1n) is 11.5. The number of ether oxygens (including phenoxy) is 2. The molecule has 1 fully saturated rings.